The Morgan fingerprint density at radius 1 is 1.14 bits per heavy atom. The molecule has 2 N–H and O–H groups in total. The van der Waals surface area contributed by atoms with E-state index < -0.39 is 0 Å². The maximum atomic E-state index is 12.6. The normalized spacial score (nSPS) is 13.3. The number of rotatable bonds is 6. The molecule has 0 radical (unpaired) electrons. The highest BCUT2D eigenvalue weighted by Gasteiger charge is 2.19. The van der Waals surface area contributed by atoms with Crippen molar-refractivity contribution in [3.8, 4) is 5.75 Å². The van der Waals surface area contributed by atoms with Crippen LogP contribution in [0.15, 0.2) is 67.0 Å². The third-order valence-corrected chi connectivity index (χ3v) is 4.87. The highest BCUT2D eigenvalue weighted by atomic mass is 16.5. The molecule has 0 aliphatic carbocycles. The number of fused-ring (bicyclic) bond motifs is 1. The molecule has 2 amide bonds. The fraction of sp³-hybridized carbons (Fsp3) is 0.174. The van der Waals surface area contributed by atoms with E-state index in [1.165, 1.54) is 0 Å². The van der Waals surface area contributed by atoms with Crippen LogP contribution < -0.4 is 15.4 Å². The number of hydrogen-bond acceptors (Lipinski definition) is 4. The number of benzene rings is 2. The summed E-state index contributed by atoms with van der Waals surface area (Å²) in [5, 5.41) is 5.82. The number of nitrogens with one attached hydrogen (secondary N) is 2. The van der Waals surface area contributed by atoms with Crippen molar-refractivity contribution in [1.82, 2.24) is 10.3 Å². The largest absolute Gasteiger partial charge is 0.489 e. The van der Waals surface area contributed by atoms with Crippen LogP contribution in [0.2, 0.25) is 0 Å². The Labute approximate surface area is 168 Å². The number of carbonyl (C=O) groups is 2. The molecule has 2 aromatic carbocycles. The number of hydrogen-bond donors (Lipinski definition) is 2. The molecule has 1 aromatic heterocycles. The monoisotopic (exact) mass is 387 g/mol. The van der Waals surface area contributed by atoms with E-state index >= 15 is 0 Å². The first-order valence-electron chi connectivity index (χ1n) is 9.44. The summed E-state index contributed by atoms with van der Waals surface area (Å²) < 4.78 is 5.74. The molecule has 3 aromatic rings. The molecular formula is C23H21N3O3. The van der Waals surface area contributed by atoms with E-state index in [1.54, 1.807) is 36.7 Å². The van der Waals surface area contributed by atoms with Crippen LogP contribution in [-0.2, 0) is 17.8 Å². The van der Waals surface area contributed by atoms with Gasteiger partial charge in [0.1, 0.15) is 12.4 Å². The predicted molar refractivity (Wildman–Crippen MR) is 110 cm³/mol. The average Bonchev–Trinajstić information content (AvgIpc) is 3.12. The van der Waals surface area contributed by atoms with Crippen molar-refractivity contribution in [1.29, 1.82) is 0 Å². The quantitative estimate of drug-likeness (QED) is 0.677. The standard InChI is InChI=1S/C23H21N3O3/c1-15(18-4-7-21-19(12-18)13-22(27)26-21)25-23(28)17-2-5-20(6-3-17)29-14-16-8-10-24-11-9-16/h2-12,15H,13-14H2,1H3,(H,25,28)(H,26,27). The van der Waals surface area contributed by atoms with Gasteiger partial charge in [-0.15, -0.1) is 0 Å². The summed E-state index contributed by atoms with van der Waals surface area (Å²) in [6, 6.07) is 16.5. The second kappa shape index (κ2) is 8.14. The van der Waals surface area contributed by atoms with Crippen molar-refractivity contribution < 1.29 is 14.3 Å². The van der Waals surface area contributed by atoms with Crippen LogP contribution >= 0.6 is 0 Å². The smallest absolute Gasteiger partial charge is 0.251 e. The first kappa shape index (κ1) is 18.7. The minimum Gasteiger partial charge on any atom is -0.489 e. The zero-order valence-corrected chi connectivity index (χ0v) is 16.0. The Balaban J connectivity index is 1.36. The van der Waals surface area contributed by atoms with Crippen molar-refractivity contribution in [3.63, 3.8) is 0 Å². The number of anilines is 1. The highest BCUT2D eigenvalue weighted by Crippen LogP contribution is 2.26. The summed E-state index contributed by atoms with van der Waals surface area (Å²) in [6.07, 6.45) is 3.83. The molecule has 0 saturated heterocycles. The lowest BCUT2D eigenvalue weighted by atomic mass is 10.0. The lowest BCUT2D eigenvalue weighted by Gasteiger charge is -2.15. The zero-order chi connectivity index (χ0) is 20.2. The number of carbonyl (C=O) groups excluding carboxylic acids is 2. The molecule has 0 saturated carbocycles. The Hall–Kier alpha value is -3.67. The maximum Gasteiger partial charge on any atom is 0.251 e. The van der Waals surface area contributed by atoms with Crippen molar-refractivity contribution in [2.75, 3.05) is 5.32 Å². The fourth-order valence-electron chi connectivity index (χ4n) is 3.23. The van der Waals surface area contributed by atoms with Gasteiger partial charge in [0.2, 0.25) is 5.91 Å². The third-order valence-electron chi connectivity index (χ3n) is 4.87. The lowest BCUT2D eigenvalue weighted by Crippen LogP contribution is -2.26. The van der Waals surface area contributed by atoms with E-state index in [1.807, 2.05) is 37.3 Å². The van der Waals surface area contributed by atoms with Gasteiger partial charge in [0.25, 0.3) is 5.91 Å². The molecule has 2 heterocycles. The molecule has 4 rings (SSSR count). The number of amides is 2. The van der Waals surface area contributed by atoms with Gasteiger partial charge in [-0.1, -0.05) is 12.1 Å². The Bertz CT molecular complexity index is 1030. The first-order chi connectivity index (χ1) is 14.1. The maximum absolute atomic E-state index is 12.6. The molecule has 1 atom stereocenters. The van der Waals surface area contributed by atoms with E-state index in [9.17, 15) is 9.59 Å². The van der Waals surface area contributed by atoms with Gasteiger partial charge in [0.05, 0.1) is 12.5 Å². The Morgan fingerprint density at radius 2 is 1.90 bits per heavy atom. The van der Waals surface area contributed by atoms with Crippen LogP contribution in [0.25, 0.3) is 0 Å². The summed E-state index contributed by atoms with van der Waals surface area (Å²) in [5.41, 5.74) is 4.36. The summed E-state index contributed by atoms with van der Waals surface area (Å²) >= 11 is 0. The van der Waals surface area contributed by atoms with Gasteiger partial charge in [-0.2, -0.15) is 0 Å². The van der Waals surface area contributed by atoms with Crippen molar-refractivity contribution in [2.45, 2.75) is 26.0 Å². The van der Waals surface area contributed by atoms with Gasteiger partial charge in [-0.3, -0.25) is 14.6 Å². The highest BCUT2D eigenvalue weighted by molar-refractivity contribution is 5.99. The number of nitrogens with zero attached hydrogens (tertiary/aromatic N) is 1. The Kier molecular flexibility index (Phi) is 5.24. The van der Waals surface area contributed by atoms with Gasteiger partial charge in [-0.05, 0) is 66.1 Å². The van der Waals surface area contributed by atoms with E-state index in [2.05, 4.69) is 15.6 Å². The summed E-state index contributed by atoms with van der Waals surface area (Å²) in [4.78, 5) is 28.1. The molecule has 6 nitrogen and oxygen atoms in total. The lowest BCUT2D eigenvalue weighted by molar-refractivity contribution is -0.115. The van der Waals surface area contributed by atoms with Crippen LogP contribution in [0.4, 0.5) is 5.69 Å². The van der Waals surface area contributed by atoms with Gasteiger partial charge in [0.15, 0.2) is 0 Å². The van der Waals surface area contributed by atoms with Crippen LogP contribution in [0.3, 0.4) is 0 Å². The molecule has 6 heteroatoms. The second-order valence-electron chi connectivity index (χ2n) is 7.01. The molecular weight excluding hydrogens is 366 g/mol. The molecule has 1 unspecified atom stereocenters. The molecule has 1 aliphatic rings. The molecule has 29 heavy (non-hydrogen) atoms. The molecule has 0 fully saturated rings. The minimum absolute atomic E-state index is 0.0000725. The van der Waals surface area contributed by atoms with Gasteiger partial charge < -0.3 is 15.4 Å². The third kappa shape index (κ3) is 4.43. The molecule has 0 spiro atoms. The number of pyridine rings is 1. The van der Waals surface area contributed by atoms with E-state index in [4.69, 9.17) is 4.74 Å². The van der Waals surface area contributed by atoms with Crippen LogP contribution in [0.1, 0.15) is 40.0 Å². The number of ether oxygens (including phenoxy) is 1. The minimum atomic E-state index is -0.175. The number of aromatic nitrogens is 1. The van der Waals surface area contributed by atoms with Crippen molar-refractivity contribution in [3.05, 3.63) is 89.2 Å². The molecule has 1 aliphatic heterocycles. The van der Waals surface area contributed by atoms with Crippen molar-refractivity contribution in [2.24, 2.45) is 0 Å². The van der Waals surface area contributed by atoms with Crippen LogP contribution in [0.5, 0.6) is 5.75 Å². The summed E-state index contributed by atoms with van der Waals surface area (Å²) in [7, 11) is 0. The van der Waals surface area contributed by atoms with Gasteiger partial charge in [0, 0.05) is 23.6 Å². The van der Waals surface area contributed by atoms with Crippen molar-refractivity contribution >= 4 is 17.5 Å². The van der Waals surface area contributed by atoms with Crippen LogP contribution in [0, 0.1) is 0 Å². The summed E-state index contributed by atoms with van der Waals surface area (Å²) in [5.74, 6) is 0.537. The van der Waals surface area contributed by atoms with Gasteiger partial charge in [-0.25, -0.2) is 0 Å². The first-order valence-corrected chi connectivity index (χ1v) is 9.44. The SMILES string of the molecule is CC(NC(=O)c1ccc(OCc2ccncc2)cc1)c1ccc2c(c1)CC(=O)N2. The molecule has 146 valence electrons. The Morgan fingerprint density at radius 3 is 2.66 bits per heavy atom. The fourth-order valence-corrected chi connectivity index (χ4v) is 3.23. The van der Waals surface area contributed by atoms with Crippen LogP contribution in [-0.4, -0.2) is 16.8 Å². The second-order valence-corrected chi connectivity index (χ2v) is 7.01. The average molecular weight is 387 g/mol. The van der Waals surface area contributed by atoms with Gasteiger partial charge >= 0.3 is 0 Å². The van der Waals surface area contributed by atoms with E-state index in [0.717, 1.165) is 22.4 Å². The topological polar surface area (TPSA) is 80.3 Å². The predicted octanol–water partition coefficient (Wildman–Crippen LogP) is 3.65. The summed E-state index contributed by atoms with van der Waals surface area (Å²) in [6.45, 7) is 2.37. The van der Waals surface area contributed by atoms with E-state index in [0.29, 0.717) is 24.3 Å². The molecule has 0 bridgehead atoms. The zero-order valence-electron chi connectivity index (χ0n) is 16.0. The van der Waals surface area contributed by atoms with E-state index in [-0.39, 0.29) is 17.9 Å².